The first kappa shape index (κ1) is 22.5. The number of carbonyl (C=O) groups is 3. The van der Waals surface area contributed by atoms with Crippen LogP contribution in [0.3, 0.4) is 0 Å². The molecule has 1 aliphatic rings. The molecule has 0 saturated heterocycles. The molecule has 0 bridgehead atoms. The summed E-state index contributed by atoms with van der Waals surface area (Å²) in [6, 6.07) is 11.9. The highest BCUT2D eigenvalue weighted by Gasteiger charge is 2.31. The van der Waals surface area contributed by atoms with Gasteiger partial charge in [0.25, 0.3) is 0 Å². The fourth-order valence-corrected chi connectivity index (χ4v) is 3.89. The number of hydrogen-bond acceptors (Lipinski definition) is 5. The maximum Gasteiger partial charge on any atom is 0.573 e. The van der Waals surface area contributed by atoms with Crippen LogP contribution in [-0.2, 0) is 14.4 Å². The Labute approximate surface area is 179 Å². The Hall–Kier alpha value is -3.21. The third-order valence-corrected chi connectivity index (χ3v) is 5.52. The van der Waals surface area contributed by atoms with Crippen LogP contribution in [0, 0.1) is 0 Å². The Morgan fingerprint density at radius 1 is 1.16 bits per heavy atom. The zero-order chi connectivity index (χ0) is 22.6. The molecule has 2 aromatic rings. The number of nitrogens with one attached hydrogen (secondary N) is 2. The van der Waals surface area contributed by atoms with Crippen molar-refractivity contribution in [2.45, 2.75) is 22.9 Å². The second-order valence-electron chi connectivity index (χ2n) is 6.67. The molecule has 3 rings (SSSR count). The van der Waals surface area contributed by atoms with Gasteiger partial charge in [0.2, 0.25) is 17.7 Å². The average Bonchev–Trinajstić information content (AvgIpc) is 2.68. The number of likely N-dealkylation sites (N-methyl/N-ethyl adjacent to an activating group) is 1. The molecule has 3 amide bonds. The topological polar surface area (TPSA) is 87.7 Å². The Kier molecular flexibility index (Phi) is 6.74. The van der Waals surface area contributed by atoms with Gasteiger partial charge in [-0.3, -0.25) is 14.4 Å². The predicted octanol–water partition coefficient (Wildman–Crippen LogP) is 3.49. The lowest BCUT2D eigenvalue weighted by Gasteiger charge is -2.25. The molecule has 0 spiro atoms. The Bertz CT molecular complexity index is 982. The molecule has 1 atom stereocenters. The highest BCUT2D eigenvalue weighted by Crippen LogP contribution is 2.36. The monoisotopic (exact) mass is 453 g/mol. The molecule has 0 saturated carbocycles. The van der Waals surface area contributed by atoms with Crippen molar-refractivity contribution >= 4 is 40.9 Å². The SMILES string of the molecule is CN(CC(=O)Nc1ccc(OC(F)(F)F)cc1)C(=O)C[C@@H]1Sc2ccccc2NC1=O. The van der Waals surface area contributed by atoms with Gasteiger partial charge in [0.15, 0.2) is 0 Å². The number of carbonyl (C=O) groups excluding carboxylic acids is 3. The second-order valence-corrected chi connectivity index (χ2v) is 7.91. The lowest BCUT2D eigenvalue weighted by atomic mass is 10.2. The van der Waals surface area contributed by atoms with E-state index in [0.29, 0.717) is 5.69 Å². The van der Waals surface area contributed by atoms with Gasteiger partial charge in [-0.25, -0.2) is 0 Å². The van der Waals surface area contributed by atoms with E-state index in [4.69, 9.17) is 0 Å². The number of anilines is 2. The Morgan fingerprint density at radius 3 is 2.52 bits per heavy atom. The molecule has 1 aliphatic heterocycles. The zero-order valence-electron chi connectivity index (χ0n) is 16.2. The quantitative estimate of drug-likeness (QED) is 0.699. The summed E-state index contributed by atoms with van der Waals surface area (Å²) in [6.45, 7) is -0.283. The number of benzene rings is 2. The van der Waals surface area contributed by atoms with Crippen LogP contribution >= 0.6 is 11.8 Å². The van der Waals surface area contributed by atoms with Crippen LogP contribution < -0.4 is 15.4 Å². The molecule has 31 heavy (non-hydrogen) atoms. The molecule has 164 valence electrons. The van der Waals surface area contributed by atoms with E-state index in [1.807, 2.05) is 12.1 Å². The van der Waals surface area contributed by atoms with Gasteiger partial charge in [-0.05, 0) is 36.4 Å². The number of hydrogen-bond donors (Lipinski definition) is 2. The fourth-order valence-electron chi connectivity index (χ4n) is 2.79. The summed E-state index contributed by atoms with van der Waals surface area (Å²) in [5, 5.41) is 4.63. The summed E-state index contributed by atoms with van der Waals surface area (Å²) >= 11 is 1.29. The fraction of sp³-hybridized carbons (Fsp3) is 0.250. The average molecular weight is 453 g/mol. The van der Waals surface area contributed by atoms with Crippen molar-refractivity contribution in [2.75, 3.05) is 24.2 Å². The molecule has 0 radical (unpaired) electrons. The molecule has 7 nitrogen and oxygen atoms in total. The maximum atomic E-state index is 12.5. The van der Waals surface area contributed by atoms with Crippen LogP contribution in [0.4, 0.5) is 24.5 Å². The van der Waals surface area contributed by atoms with Crippen molar-refractivity contribution < 1.29 is 32.3 Å². The molecular weight excluding hydrogens is 435 g/mol. The van der Waals surface area contributed by atoms with Gasteiger partial charge in [-0.2, -0.15) is 0 Å². The Balaban J connectivity index is 1.50. The van der Waals surface area contributed by atoms with Gasteiger partial charge in [0.1, 0.15) is 5.75 Å². The van der Waals surface area contributed by atoms with Gasteiger partial charge in [-0.15, -0.1) is 24.9 Å². The van der Waals surface area contributed by atoms with Crippen molar-refractivity contribution in [3.05, 3.63) is 48.5 Å². The molecule has 11 heteroatoms. The number of para-hydroxylation sites is 1. The molecule has 0 unspecified atom stereocenters. The van der Waals surface area contributed by atoms with Crippen molar-refractivity contribution in [1.29, 1.82) is 0 Å². The van der Waals surface area contributed by atoms with Crippen LogP contribution in [0.2, 0.25) is 0 Å². The van der Waals surface area contributed by atoms with Gasteiger partial charge < -0.3 is 20.3 Å². The smallest absolute Gasteiger partial charge is 0.406 e. The molecule has 0 fully saturated rings. The number of rotatable bonds is 6. The third kappa shape index (κ3) is 6.38. The van der Waals surface area contributed by atoms with Crippen molar-refractivity contribution in [1.82, 2.24) is 4.90 Å². The number of alkyl halides is 3. The van der Waals surface area contributed by atoms with Gasteiger partial charge in [0.05, 0.1) is 17.5 Å². The normalized spacial score (nSPS) is 15.5. The lowest BCUT2D eigenvalue weighted by Crippen LogP contribution is -2.39. The van der Waals surface area contributed by atoms with Crippen LogP contribution in [0.1, 0.15) is 6.42 Å². The molecule has 2 N–H and O–H groups in total. The summed E-state index contributed by atoms with van der Waals surface area (Å²) in [5.74, 6) is -1.62. The molecule has 2 aromatic carbocycles. The van der Waals surface area contributed by atoms with E-state index < -0.39 is 29.2 Å². The molecule has 0 aromatic heterocycles. The summed E-state index contributed by atoms with van der Waals surface area (Å²) in [7, 11) is 1.43. The van der Waals surface area contributed by atoms with Crippen molar-refractivity contribution in [2.24, 2.45) is 0 Å². The first-order chi connectivity index (χ1) is 14.6. The van der Waals surface area contributed by atoms with Crippen LogP contribution in [0.25, 0.3) is 0 Å². The van der Waals surface area contributed by atoms with E-state index in [2.05, 4.69) is 15.4 Å². The Morgan fingerprint density at radius 2 is 1.84 bits per heavy atom. The zero-order valence-corrected chi connectivity index (χ0v) is 17.0. The van der Waals surface area contributed by atoms with E-state index in [9.17, 15) is 27.6 Å². The van der Waals surface area contributed by atoms with Crippen LogP contribution in [-0.4, -0.2) is 47.8 Å². The van der Waals surface area contributed by atoms with Crippen molar-refractivity contribution in [3.8, 4) is 5.75 Å². The molecule has 1 heterocycles. The van der Waals surface area contributed by atoms with E-state index >= 15 is 0 Å². The number of amides is 3. The minimum Gasteiger partial charge on any atom is -0.406 e. The third-order valence-electron chi connectivity index (χ3n) is 4.24. The van der Waals surface area contributed by atoms with Crippen molar-refractivity contribution in [3.63, 3.8) is 0 Å². The molecule has 0 aliphatic carbocycles. The predicted molar refractivity (Wildman–Crippen MR) is 109 cm³/mol. The number of thioether (sulfide) groups is 1. The number of halogens is 3. The highest BCUT2D eigenvalue weighted by atomic mass is 32.2. The first-order valence-electron chi connectivity index (χ1n) is 9.07. The second kappa shape index (κ2) is 9.29. The number of ether oxygens (including phenoxy) is 1. The van der Waals surface area contributed by atoms with Crippen LogP contribution in [0.5, 0.6) is 5.75 Å². The van der Waals surface area contributed by atoms with Gasteiger partial charge in [-0.1, -0.05) is 12.1 Å². The van der Waals surface area contributed by atoms with E-state index in [1.54, 1.807) is 12.1 Å². The summed E-state index contributed by atoms with van der Waals surface area (Å²) in [4.78, 5) is 38.9. The highest BCUT2D eigenvalue weighted by molar-refractivity contribution is 8.01. The van der Waals surface area contributed by atoms with E-state index in [0.717, 1.165) is 17.0 Å². The summed E-state index contributed by atoms with van der Waals surface area (Å²) in [5.41, 5.74) is 0.944. The lowest BCUT2D eigenvalue weighted by molar-refractivity contribution is -0.274. The standard InChI is InChI=1S/C20H18F3N3O4S/c1-26(11-17(27)24-12-6-8-13(9-7-12)30-20(21,22)23)18(28)10-16-19(29)25-14-4-2-3-5-15(14)31-16/h2-9,16H,10-11H2,1H3,(H,24,27)(H,25,29)/t16-/m0/s1. The summed E-state index contributed by atoms with van der Waals surface area (Å²) < 4.78 is 40.3. The number of nitrogens with zero attached hydrogens (tertiary/aromatic N) is 1. The molecular formula is C20H18F3N3O4S. The van der Waals surface area contributed by atoms with E-state index in [-0.39, 0.29) is 24.6 Å². The van der Waals surface area contributed by atoms with Crippen LogP contribution in [0.15, 0.2) is 53.4 Å². The minimum absolute atomic E-state index is 0.0852. The van der Waals surface area contributed by atoms with Gasteiger partial charge in [0, 0.05) is 24.1 Å². The first-order valence-corrected chi connectivity index (χ1v) is 9.95. The maximum absolute atomic E-state index is 12.5. The summed E-state index contributed by atoms with van der Waals surface area (Å²) in [6.07, 6.45) is -4.89. The van der Waals surface area contributed by atoms with Gasteiger partial charge >= 0.3 is 6.36 Å². The van der Waals surface area contributed by atoms with E-state index in [1.165, 1.54) is 35.8 Å². The number of fused-ring (bicyclic) bond motifs is 1. The minimum atomic E-state index is -4.80. The largest absolute Gasteiger partial charge is 0.573 e.